The van der Waals surface area contributed by atoms with Crippen LogP contribution in [0, 0.1) is 0 Å². The highest BCUT2D eigenvalue weighted by Crippen LogP contribution is 2.30. The quantitative estimate of drug-likeness (QED) is 0.842. The third-order valence-corrected chi connectivity index (χ3v) is 3.33. The Hall–Kier alpha value is -1.07. The van der Waals surface area contributed by atoms with E-state index in [1.54, 1.807) is 13.3 Å². The average Bonchev–Trinajstić information content (AvgIpc) is 2.98. The zero-order chi connectivity index (χ0) is 13.0. The van der Waals surface area contributed by atoms with Gasteiger partial charge in [-0.15, -0.1) is 0 Å². The summed E-state index contributed by atoms with van der Waals surface area (Å²) in [6.07, 6.45) is 4.97. The minimum Gasteiger partial charge on any atom is -0.493 e. The van der Waals surface area contributed by atoms with Crippen LogP contribution in [0.3, 0.4) is 0 Å². The van der Waals surface area contributed by atoms with Gasteiger partial charge in [0.15, 0.2) is 5.75 Å². The molecule has 1 aromatic rings. The number of hydrogen-bond donors (Lipinski definition) is 1. The number of aliphatic hydroxyl groups excluding tert-OH is 1. The summed E-state index contributed by atoms with van der Waals surface area (Å²) in [6.45, 7) is 3.69. The highest BCUT2D eigenvalue weighted by atomic mass is 16.5. The van der Waals surface area contributed by atoms with Crippen molar-refractivity contribution in [1.82, 2.24) is 9.78 Å². The number of nitrogens with zero attached hydrogens (tertiary/aromatic N) is 2. The number of hydrogen-bond acceptors (Lipinski definition) is 4. The fraction of sp³-hybridized carbons (Fsp3) is 0.769. The average molecular weight is 254 g/mol. The molecule has 1 fully saturated rings. The molecule has 1 saturated heterocycles. The fourth-order valence-corrected chi connectivity index (χ4v) is 2.45. The molecule has 1 N–H and O–H groups in total. The van der Waals surface area contributed by atoms with E-state index in [4.69, 9.17) is 9.47 Å². The van der Waals surface area contributed by atoms with Crippen LogP contribution in [0.4, 0.5) is 0 Å². The third kappa shape index (κ3) is 2.84. The summed E-state index contributed by atoms with van der Waals surface area (Å²) in [5, 5.41) is 14.6. The predicted octanol–water partition coefficient (Wildman–Crippen LogP) is 1.90. The maximum Gasteiger partial charge on any atom is 0.162 e. The highest BCUT2D eigenvalue weighted by Gasteiger charge is 2.25. The van der Waals surface area contributed by atoms with Crippen LogP contribution in [0.2, 0.25) is 0 Å². The topological polar surface area (TPSA) is 56.5 Å². The molecule has 0 radical (unpaired) electrons. The molecular formula is C13H22N2O3. The Morgan fingerprint density at radius 2 is 2.50 bits per heavy atom. The normalized spacial score (nSPS) is 21.2. The first kappa shape index (κ1) is 13.4. The maximum atomic E-state index is 10.4. The van der Waals surface area contributed by atoms with E-state index in [1.807, 2.05) is 4.68 Å². The molecule has 2 rings (SSSR count). The van der Waals surface area contributed by atoms with Crippen molar-refractivity contribution in [3.8, 4) is 5.75 Å². The van der Waals surface area contributed by atoms with Crippen molar-refractivity contribution in [3.63, 3.8) is 0 Å². The van der Waals surface area contributed by atoms with Gasteiger partial charge in [0.2, 0.25) is 0 Å². The fourth-order valence-electron chi connectivity index (χ4n) is 2.45. The zero-order valence-electron chi connectivity index (χ0n) is 11.1. The van der Waals surface area contributed by atoms with Gasteiger partial charge in [-0.05, 0) is 19.3 Å². The second-order valence-electron chi connectivity index (χ2n) is 4.71. The van der Waals surface area contributed by atoms with Crippen LogP contribution in [0.5, 0.6) is 5.75 Å². The van der Waals surface area contributed by atoms with Crippen LogP contribution >= 0.6 is 0 Å². The van der Waals surface area contributed by atoms with Crippen LogP contribution in [-0.4, -0.2) is 34.7 Å². The molecule has 0 amide bonds. The summed E-state index contributed by atoms with van der Waals surface area (Å²) in [6, 6.07) is 0. The number of rotatable bonds is 6. The lowest BCUT2D eigenvalue weighted by Gasteiger charge is -2.17. The summed E-state index contributed by atoms with van der Waals surface area (Å²) < 4.78 is 12.7. The van der Waals surface area contributed by atoms with Gasteiger partial charge >= 0.3 is 0 Å². The van der Waals surface area contributed by atoms with E-state index < -0.39 is 6.10 Å². The number of ether oxygens (including phenoxy) is 2. The van der Waals surface area contributed by atoms with E-state index in [2.05, 4.69) is 12.0 Å². The highest BCUT2D eigenvalue weighted by molar-refractivity contribution is 5.27. The molecule has 1 aromatic heterocycles. The maximum absolute atomic E-state index is 10.4. The second kappa shape index (κ2) is 6.20. The molecule has 0 bridgehead atoms. The molecule has 1 aliphatic heterocycles. The van der Waals surface area contributed by atoms with E-state index in [-0.39, 0.29) is 6.10 Å². The molecule has 5 nitrogen and oxygen atoms in total. The van der Waals surface area contributed by atoms with Gasteiger partial charge in [0, 0.05) is 19.6 Å². The Balaban J connectivity index is 2.10. The van der Waals surface area contributed by atoms with Crippen molar-refractivity contribution < 1.29 is 14.6 Å². The molecule has 0 spiro atoms. The van der Waals surface area contributed by atoms with Crippen molar-refractivity contribution in [2.45, 2.75) is 51.4 Å². The zero-order valence-corrected chi connectivity index (χ0v) is 11.1. The van der Waals surface area contributed by atoms with Crippen LogP contribution in [0.15, 0.2) is 6.20 Å². The summed E-state index contributed by atoms with van der Waals surface area (Å²) in [5.74, 6) is 0.661. The first-order valence-electron chi connectivity index (χ1n) is 6.65. The first-order valence-corrected chi connectivity index (χ1v) is 6.65. The molecule has 2 unspecified atom stereocenters. The van der Waals surface area contributed by atoms with Gasteiger partial charge in [-0.3, -0.25) is 4.68 Å². The Labute approximate surface area is 108 Å². The largest absolute Gasteiger partial charge is 0.493 e. The Morgan fingerprint density at radius 3 is 3.11 bits per heavy atom. The number of aliphatic hydroxyl groups is 1. The van der Waals surface area contributed by atoms with E-state index in [0.717, 1.165) is 38.1 Å². The van der Waals surface area contributed by atoms with Crippen LogP contribution < -0.4 is 4.74 Å². The van der Waals surface area contributed by atoms with Crippen molar-refractivity contribution in [3.05, 3.63) is 11.9 Å². The van der Waals surface area contributed by atoms with E-state index >= 15 is 0 Å². The van der Waals surface area contributed by atoms with Crippen LogP contribution in [-0.2, 0) is 11.3 Å². The van der Waals surface area contributed by atoms with Gasteiger partial charge < -0.3 is 14.6 Å². The lowest BCUT2D eigenvalue weighted by Crippen LogP contribution is -2.16. The molecule has 2 heterocycles. The van der Waals surface area contributed by atoms with Gasteiger partial charge in [0.05, 0.1) is 19.4 Å². The molecule has 0 aliphatic carbocycles. The molecule has 0 aromatic carbocycles. The summed E-state index contributed by atoms with van der Waals surface area (Å²) in [5.41, 5.74) is 0.773. The van der Waals surface area contributed by atoms with Gasteiger partial charge in [-0.25, -0.2) is 0 Å². The summed E-state index contributed by atoms with van der Waals surface area (Å²) in [4.78, 5) is 0. The number of methoxy groups -OCH3 is 1. The Kier molecular flexibility index (Phi) is 4.60. The molecule has 1 aliphatic rings. The lowest BCUT2D eigenvalue weighted by molar-refractivity contribution is 0.0490. The summed E-state index contributed by atoms with van der Waals surface area (Å²) >= 11 is 0. The van der Waals surface area contributed by atoms with Gasteiger partial charge in [-0.2, -0.15) is 5.10 Å². The molecule has 2 atom stereocenters. The molecule has 0 saturated carbocycles. The minimum atomic E-state index is -0.572. The second-order valence-corrected chi connectivity index (χ2v) is 4.71. The van der Waals surface area contributed by atoms with E-state index in [9.17, 15) is 5.11 Å². The SMILES string of the molecule is CCCn1ncc(OC)c1C(O)CC1CCCO1. The summed E-state index contributed by atoms with van der Waals surface area (Å²) in [7, 11) is 1.61. The minimum absolute atomic E-state index is 0.162. The predicted molar refractivity (Wildman–Crippen MR) is 67.6 cm³/mol. The standard InChI is InChI=1S/C13H22N2O3/c1-3-6-15-13(12(17-2)9-14-15)11(16)8-10-5-4-7-18-10/h9-11,16H,3-8H2,1-2H3. The van der Waals surface area contributed by atoms with E-state index in [0.29, 0.717) is 12.2 Å². The van der Waals surface area contributed by atoms with Gasteiger partial charge in [0.25, 0.3) is 0 Å². The smallest absolute Gasteiger partial charge is 0.162 e. The van der Waals surface area contributed by atoms with Crippen molar-refractivity contribution in [2.24, 2.45) is 0 Å². The Morgan fingerprint density at radius 1 is 1.67 bits per heavy atom. The van der Waals surface area contributed by atoms with Gasteiger partial charge in [-0.1, -0.05) is 6.92 Å². The molecular weight excluding hydrogens is 232 g/mol. The Bertz CT molecular complexity index is 372. The first-order chi connectivity index (χ1) is 8.76. The van der Waals surface area contributed by atoms with E-state index in [1.165, 1.54) is 0 Å². The van der Waals surface area contributed by atoms with Gasteiger partial charge in [0.1, 0.15) is 11.8 Å². The van der Waals surface area contributed by atoms with Crippen LogP contribution in [0.1, 0.15) is 44.4 Å². The van der Waals surface area contributed by atoms with Crippen molar-refractivity contribution in [2.75, 3.05) is 13.7 Å². The molecule has 5 heteroatoms. The third-order valence-electron chi connectivity index (χ3n) is 3.33. The van der Waals surface area contributed by atoms with Crippen molar-refractivity contribution in [1.29, 1.82) is 0 Å². The molecule has 102 valence electrons. The van der Waals surface area contributed by atoms with Crippen LogP contribution in [0.25, 0.3) is 0 Å². The number of aryl methyl sites for hydroxylation is 1. The number of aromatic nitrogens is 2. The lowest BCUT2D eigenvalue weighted by atomic mass is 10.1. The molecule has 18 heavy (non-hydrogen) atoms. The van der Waals surface area contributed by atoms with Crippen molar-refractivity contribution >= 4 is 0 Å². The monoisotopic (exact) mass is 254 g/mol.